The molecule has 0 unspecified atom stereocenters. The van der Waals surface area contributed by atoms with Crippen molar-refractivity contribution in [3.05, 3.63) is 59.9 Å². The SMILES string of the molecule is COc1ccc(S(=O)(=O)N2CC3(CC(c4ccccc4)C3)C2)cc1F. The summed E-state index contributed by atoms with van der Waals surface area (Å²) in [5.41, 5.74) is 1.42. The average molecular weight is 361 g/mol. The summed E-state index contributed by atoms with van der Waals surface area (Å²) in [5, 5.41) is 0. The fourth-order valence-electron chi connectivity index (χ4n) is 4.03. The van der Waals surface area contributed by atoms with Crippen molar-refractivity contribution < 1.29 is 17.5 Å². The molecule has 2 aliphatic rings. The molecule has 25 heavy (non-hydrogen) atoms. The van der Waals surface area contributed by atoms with Crippen LogP contribution >= 0.6 is 0 Å². The molecule has 1 saturated heterocycles. The van der Waals surface area contributed by atoms with Crippen molar-refractivity contribution in [3.63, 3.8) is 0 Å². The highest BCUT2D eigenvalue weighted by Gasteiger charge is 2.55. The Bertz CT molecular complexity index is 884. The van der Waals surface area contributed by atoms with Crippen LogP contribution in [0.5, 0.6) is 5.75 Å². The molecular formula is C19H20FNO3S. The minimum atomic E-state index is -3.64. The van der Waals surface area contributed by atoms with E-state index in [1.807, 2.05) is 18.2 Å². The van der Waals surface area contributed by atoms with E-state index in [9.17, 15) is 12.8 Å². The summed E-state index contributed by atoms with van der Waals surface area (Å²) in [4.78, 5) is -0.0143. The largest absolute Gasteiger partial charge is 0.494 e. The number of nitrogens with zero attached hydrogens (tertiary/aromatic N) is 1. The number of hydrogen-bond donors (Lipinski definition) is 0. The van der Waals surface area contributed by atoms with Crippen molar-refractivity contribution in [2.24, 2.45) is 5.41 Å². The smallest absolute Gasteiger partial charge is 0.243 e. The van der Waals surface area contributed by atoms with Crippen LogP contribution < -0.4 is 4.74 Å². The molecular weight excluding hydrogens is 341 g/mol. The average Bonchev–Trinajstić information content (AvgIpc) is 2.53. The lowest BCUT2D eigenvalue weighted by molar-refractivity contribution is -0.0255. The zero-order valence-electron chi connectivity index (χ0n) is 14.0. The normalized spacial score (nSPS) is 20.1. The molecule has 1 heterocycles. The van der Waals surface area contributed by atoms with Crippen molar-refractivity contribution in [1.82, 2.24) is 4.31 Å². The van der Waals surface area contributed by atoms with Gasteiger partial charge in [-0.15, -0.1) is 0 Å². The second kappa shape index (κ2) is 5.81. The molecule has 132 valence electrons. The van der Waals surface area contributed by atoms with Gasteiger partial charge in [0.1, 0.15) is 0 Å². The van der Waals surface area contributed by atoms with E-state index in [-0.39, 0.29) is 16.1 Å². The summed E-state index contributed by atoms with van der Waals surface area (Å²) in [6.45, 7) is 1.04. The number of methoxy groups -OCH3 is 1. The number of sulfonamides is 1. The third kappa shape index (κ3) is 2.73. The number of benzene rings is 2. The van der Waals surface area contributed by atoms with E-state index < -0.39 is 15.8 Å². The number of ether oxygens (including phenoxy) is 1. The van der Waals surface area contributed by atoms with Gasteiger partial charge in [0.25, 0.3) is 0 Å². The van der Waals surface area contributed by atoms with Gasteiger partial charge in [-0.3, -0.25) is 0 Å². The van der Waals surface area contributed by atoms with E-state index in [1.165, 1.54) is 29.1 Å². The second-order valence-electron chi connectivity index (χ2n) is 7.09. The van der Waals surface area contributed by atoms with Gasteiger partial charge < -0.3 is 4.74 Å². The first-order chi connectivity index (χ1) is 11.9. The minimum Gasteiger partial charge on any atom is -0.494 e. The molecule has 2 aromatic carbocycles. The molecule has 0 amide bonds. The Morgan fingerprint density at radius 1 is 1.12 bits per heavy atom. The third-order valence-electron chi connectivity index (χ3n) is 5.41. The van der Waals surface area contributed by atoms with E-state index in [4.69, 9.17) is 4.74 Å². The first-order valence-electron chi connectivity index (χ1n) is 8.32. The van der Waals surface area contributed by atoms with Gasteiger partial charge >= 0.3 is 0 Å². The Kier molecular flexibility index (Phi) is 3.85. The van der Waals surface area contributed by atoms with Gasteiger partial charge in [-0.25, -0.2) is 12.8 Å². The van der Waals surface area contributed by atoms with Crippen LogP contribution in [-0.2, 0) is 10.0 Å². The van der Waals surface area contributed by atoms with Gasteiger partial charge in [0, 0.05) is 13.1 Å². The molecule has 1 spiro atoms. The Labute approximate surface area is 147 Å². The topological polar surface area (TPSA) is 46.6 Å². The summed E-state index contributed by atoms with van der Waals surface area (Å²) in [7, 11) is -2.29. The Morgan fingerprint density at radius 3 is 2.40 bits per heavy atom. The Morgan fingerprint density at radius 2 is 1.80 bits per heavy atom. The first-order valence-corrected chi connectivity index (χ1v) is 9.76. The lowest BCUT2D eigenvalue weighted by Crippen LogP contribution is -2.62. The van der Waals surface area contributed by atoms with Gasteiger partial charge in [-0.05, 0) is 47.9 Å². The summed E-state index contributed by atoms with van der Waals surface area (Å²) < 4.78 is 45.5. The van der Waals surface area contributed by atoms with Crippen molar-refractivity contribution in [2.75, 3.05) is 20.2 Å². The van der Waals surface area contributed by atoms with Crippen molar-refractivity contribution in [1.29, 1.82) is 0 Å². The van der Waals surface area contributed by atoms with Crippen LogP contribution in [0.4, 0.5) is 4.39 Å². The Hall–Kier alpha value is -1.92. The monoisotopic (exact) mass is 361 g/mol. The molecule has 2 fully saturated rings. The lowest BCUT2D eigenvalue weighted by Gasteiger charge is -2.58. The molecule has 6 heteroatoms. The van der Waals surface area contributed by atoms with Crippen LogP contribution in [0.2, 0.25) is 0 Å². The molecule has 0 atom stereocenters. The van der Waals surface area contributed by atoms with Crippen LogP contribution in [0, 0.1) is 11.2 Å². The lowest BCUT2D eigenvalue weighted by atomic mass is 9.57. The maximum Gasteiger partial charge on any atom is 0.243 e. The molecule has 4 nitrogen and oxygen atoms in total. The second-order valence-corrected chi connectivity index (χ2v) is 9.02. The van der Waals surface area contributed by atoms with E-state index in [1.54, 1.807) is 0 Å². The maximum absolute atomic E-state index is 13.8. The molecule has 0 radical (unpaired) electrons. The maximum atomic E-state index is 13.8. The summed E-state index contributed by atoms with van der Waals surface area (Å²) in [6, 6.07) is 14.1. The van der Waals surface area contributed by atoms with Crippen LogP contribution in [-0.4, -0.2) is 32.9 Å². The summed E-state index contributed by atoms with van der Waals surface area (Å²) >= 11 is 0. The molecule has 4 rings (SSSR count). The van der Waals surface area contributed by atoms with Crippen LogP contribution in [0.1, 0.15) is 24.3 Å². The van der Waals surface area contributed by atoms with Crippen molar-refractivity contribution in [3.8, 4) is 5.75 Å². The van der Waals surface area contributed by atoms with Gasteiger partial charge in [-0.1, -0.05) is 30.3 Å². The quantitative estimate of drug-likeness (QED) is 0.838. The molecule has 0 N–H and O–H groups in total. The predicted octanol–water partition coefficient (Wildman–Crippen LogP) is 3.40. The highest BCUT2D eigenvalue weighted by Crippen LogP contribution is 2.56. The van der Waals surface area contributed by atoms with E-state index in [2.05, 4.69) is 12.1 Å². The number of rotatable bonds is 4. The highest BCUT2D eigenvalue weighted by atomic mass is 32.2. The molecule has 1 aliphatic carbocycles. The van der Waals surface area contributed by atoms with Gasteiger partial charge in [-0.2, -0.15) is 4.31 Å². The van der Waals surface area contributed by atoms with Crippen LogP contribution in [0.25, 0.3) is 0 Å². The summed E-state index contributed by atoms with van der Waals surface area (Å²) in [6.07, 6.45) is 2.03. The molecule has 1 saturated carbocycles. The van der Waals surface area contributed by atoms with Crippen molar-refractivity contribution >= 4 is 10.0 Å². The minimum absolute atomic E-state index is 0.0143. The molecule has 2 aromatic rings. The fraction of sp³-hybridized carbons (Fsp3) is 0.368. The van der Waals surface area contributed by atoms with Gasteiger partial charge in [0.05, 0.1) is 12.0 Å². The molecule has 1 aliphatic heterocycles. The predicted molar refractivity (Wildman–Crippen MR) is 92.6 cm³/mol. The van der Waals surface area contributed by atoms with Gasteiger partial charge in [0.2, 0.25) is 10.0 Å². The number of hydrogen-bond acceptors (Lipinski definition) is 3. The third-order valence-corrected chi connectivity index (χ3v) is 7.20. The fourth-order valence-corrected chi connectivity index (χ4v) is 5.71. The van der Waals surface area contributed by atoms with E-state index in [0.717, 1.165) is 18.9 Å². The summed E-state index contributed by atoms with van der Waals surface area (Å²) in [5.74, 6) is -0.0974. The molecule has 0 aromatic heterocycles. The first kappa shape index (κ1) is 16.5. The van der Waals surface area contributed by atoms with Crippen LogP contribution in [0.3, 0.4) is 0 Å². The van der Waals surface area contributed by atoms with Crippen molar-refractivity contribution in [2.45, 2.75) is 23.7 Å². The van der Waals surface area contributed by atoms with Crippen LogP contribution in [0.15, 0.2) is 53.4 Å². The van der Waals surface area contributed by atoms with E-state index in [0.29, 0.717) is 19.0 Å². The molecule has 0 bridgehead atoms. The Balaban J connectivity index is 1.43. The standard InChI is InChI=1S/C19H20FNO3S/c1-24-18-8-7-16(9-17(18)20)25(22,23)21-12-19(13-21)10-15(11-19)14-5-3-2-4-6-14/h2-9,15H,10-13H2,1H3. The number of halogens is 1. The van der Waals surface area contributed by atoms with Gasteiger partial charge in [0.15, 0.2) is 11.6 Å². The highest BCUT2D eigenvalue weighted by molar-refractivity contribution is 7.89. The zero-order valence-corrected chi connectivity index (χ0v) is 14.8. The van der Waals surface area contributed by atoms with E-state index >= 15 is 0 Å². The zero-order chi connectivity index (χ0) is 17.7.